The van der Waals surface area contributed by atoms with Crippen LogP contribution in [0.3, 0.4) is 0 Å². The second kappa shape index (κ2) is 4.59. The van der Waals surface area contributed by atoms with Crippen molar-refractivity contribution in [2.45, 2.75) is 6.92 Å². The maximum absolute atomic E-state index is 12.4. The van der Waals surface area contributed by atoms with Crippen molar-refractivity contribution in [2.75, 3.05) is 0 Å². The first-order chi connectivity index (χ1) is 9.16. The Hall–Kier alpha value is -2.01. The van der Waals surface area contributed by atoms with Gasteiger partial charge in [-0.15, -0.1) is 5.10 Å². The summed E-state index contributed by atoms with van der Waals surface area (Å²) < 4.78 is 2.23. The first-order valence-electron chi connectivity index (χ1n) is 5.78. The van der Waals surface area contributed by atoms with Crippen molar-refractivity contribution in [3.63, 3.8) is 0 Å². The van der Waals surface area contributed by atoms with Crippen LogP contribution >= 0.6 is 15.9 Å². The summed E-state index contributed by atoms with van der Waals surface area (Å²) in [7, 11) is 0. The second-order valence-electron chi connectivity index (χ2n) is 4.26. The Labute approximate surface area is 118 Å². The van der Waals surface area contributed by atoms with Crippen molar-refractivity contribution in [3.05, 3.63) is 58.1 Å². The molecule has 0 radical (unpaired) electrons. The van der Waals surface area contributed by atoms with Gasteiger partial charge in [-0.2, -0.15) is 4.68 Å². The van der Waals surface area contributed by atoms with Gasteiger partial charge >= 0.3 is 0 Å². The molecule has 0 amide bonds. The number of aryl methyl sites for hydroxylation is 1. The van der Waals surface area contributed by atoms with Crippen molar-refractivity contribution in [3.8, 4) is 0 Å². The van der Waals surface area contributed by atoms with E-state index in [0.29, 0.717) is 16.6 Å². The fourth-order valence-electron chi connectivity index (χ4n) is 1.87. The molecule has 1 heterocycles. The molecule has 4 nitrogen and oxygen atoms in total. The van der Waals surface area contributed by atoms with Crippen LogP contribution in [0.15, 0.2) is 46.9 Å². The highest BCUT2D eigenvalue weighted by molar-refractivity contribution is 9.10. The summed E-state index contributed by atoms with van der Waals surface area (Å²) in [6, 6.07) is 12.9. The molecule has 0 spiro atoms. The molecule has 19 heavy (non-hydrogen) atoms. The molecule has 94 valence electrons. The van der Waals surface area contributed by atoms with Crippen LogP contribution in [-0.2, 0) is 0 Å². The summed E-state index contributed by atoms with van der Waals surface area (Å²) in [5.41, 5.74) is 3.08. The number of hydrogen-bond donors (Lipinski definition) is 0. The summed E-state index contributed by atoms with van der Waals surface area (Å²) in [6.07, 6.45) is 0. The minimum atomic E-state index is -0.186. The average molecular weight is 316 g/mol. The molecule has 0 unspecified atom stereocenters. The van der Waals surface area contributed by atoms with E-state index >= 15 is 0 Å². The van der Waals surface area contributed by atoms with Crippen LogP contribution in [0.2, 0.25) is 0 Å². The molecule has 0 N–H and O–H groups in total. The first kappa shape index (κ1) is 12.0. The van der Waals surface area contributed by atoms with Gasteiger partial charge in [0, 0.05) is 10.0 Å². The molecular weight excluding hydrogens is 306 g/mol. The minimum absolute atomic E-state index is 0.186. The minimum Gasteiger partial charge on any atom is -0.267 e. The number of hydrogen-bond acceptors (Lipinski definition) is 3. The first-order valence-corrected chi connectivity index (χ1v) is 6.57. The number of para-hydroxylation sites is 1. The van der Waals surface area contributed by atoms with Crippen LogP contribution in [0.1, 0.15) is 15.9 Å². The van der Waals surface area contributed by atoms with Crippen LogP contribution < -0.4 is 0 Å². The van der Waals surface area contributed by atoms with Gasteiger partial charge < -0.3 is 0 Å². The van der Waals surface area contributed by atoms with Crippen LogP contribution in [0, 0.1) is 6.92 Å². The largest absolute Gasteiger partial charge is 0.280 e. The van der Waals surface area contributed by atoms with Crippen molar-refractivity contribution >= 4 is 32.9 Å². The third-order valence-electron chi connectivity index (χ3n) is 2.96. The number of rotatable bonds is 1. The van der Waals surface area contributed by atoms with Gasteiger partial charge in [0.2, 0.25) is 0 Å². The molecule has 0 atom stereocenters. The summed E-state index contributed by atoms with van der Waals surface area (Å²) >= 11 is 3.43. The SMILES string of the molecule is Cc1ccc(C(=O)n2nnc3ccccc32)cc1Br. The fourth-order valence-corrected chi connectivity index (χ4v) is 2.25. The molecule has 0 aliphatic heterocycles. The Morgan fingerprint density at radius 2 is 2.00 bits per heavy atom. The standard InChI is InChI=1S/C14H10BrN3O/c1-9-6-7-10(8-11(9)15)14(19)18-13-5-3-2-4-12(13)16-17-18/h2-8H,1H3. The highest BCUT2D eigenvalue weighted by Gasteiger charge is 2.14. The molecule has 5 heteroatoms. The van der Waals surface area contributed by atoms with Gasteiger partial charge in [0.1, 0.15) is 5.52 Å². The number of carbonyl (C=O) groups is 1. The maximum atomic E-state index is 12.4. The van der Waals surface area contributed by atoms with Crippen LogP contribution in [0.4, 0.5) is 0 Å². The van der Waals surface area contributed by atoms with Crippen molar-refractivity contribution in [1.29, 1.82) is 0 Å². The monoisotopic (exact) mass is 315 g/mol. The smallest absolute Gasteiger partial charge is 0.267 e. The molecule has 0 saturated carbocycles. The molecule has 1 aromatic heterocycles. The van der Waals surface area contributed by atoms with E-state index in [4.69, 9.17) is 0 Å². The number of carbonyl (C=O) groups excluding carboxylic acids is 1. The zero-order valence-electron chi connectivity index (χ0n) is 10.2. The summed E-state index contributed by atoms with van der Waals surface area (Å²) in [5, 5.41) is 7.91. The highest BCUT2D eigenvalue weighted by Crippen LogP contribution is 2.19. The van der Waals surface area contributed by atoms with E-state index in [0.717, 1.165) is 10.0 Å². The van der Waals surface area contributed by atoms with Crippen LogP contribution in [0.5, 0.6) is 0 Å². The molecule has 2 aromatic carbocycles. The van der Waals surface area contributed by atoms with E-state index in [1.807, 2.05) is 37.3 Å². The number of nitrogens with zero attached hydrogens (tertiary/aromatic N) is 3. The third-order valence-corrected chi connectivity index (χ3v) is 3.82. The van der Waals surface area contributed by atoms with Gasteiger partial charge in [-0.1, -0.05) is 39.3 Å². The predicted molar refractivity (Wildman–Crippen MR) is 76.1 cm³/mol. The Balaban J connectivity index is 2.11. The van der Waals surface area contributed by atoms with E-state index in [1.165, 1.54) is 4.68 Å². The second-order valence-corrected chi connectivity index (χ2v) is 5.11. The number of fused-ring (bicyclic) bond motifs is 1. The highest BCUT2D eigenvalue weighted by atomic mass is 79.9. The topological polar surface area (TPSA) is 47.8 Å². The fraction of sp³-hybridized carbons (Fsp3) is 0.0714. The summed E-state index contributed by atoms with van der Waals surface area (Å²) in [5.74, 6) is -0.186. The van der Waals surface area contributed by atoms with E-state index < -0.39 is 0 Å². The van der Waals surface area contributed by atoms with Crippen LogP contribution in [-0.4, -0.2) is 20.9 Å². The number of aromatic nitrogens is 3. The Morgan fingerprint density at radius 1 is 1.21 bits per heavy atom. The van der Waals surface area contributed by atoms with Crippen molar-refractivity contribution in [2.24, 2.45) is 0 Å². The van der Waals surface area contributed by atoms with E-state index in [9.17, 15) is 4.79 Å². The van der Waals surface area contributed by atoms with Gasteiger partial charge in [-0.25, -0.2) is 0 Å². The lowest BCUT2D eigenvalue weighted by Crippen LogP contribution is -2.13. The molecule has 0 fully saturated rings. The maximum Gasteiger partial charge on any atom is 0.280 e. The zero-order chi connectivity index (χ0) is 13.4. The average Bonchev–Trinajstić information content (AvgIpc) is 2.85. The lowest BCUT2D eigenvalue weighted by atomic mass is 10.1. The Morgan fingerprint density at radius 3 is 2.79 bits per heavy atom. The molecular formula is C14H10BrN3O. The molecule has 3 rings (SSSR count). The van der Waals surface area contributed by atoms with Gasteiger partial charge in [0.05, 0.1) is 5.52 Å². The molecule has 0 bridgehead atoms. The Kier molecular flexibility index (Phi) is 2.91. The van der Waals surface area contributed by atoms with Crippen LogP contribution in [0.25, 0.3) is 11.0 Å². The summed E-state index contributed by atoms with van der Waals surface area (Å²) in [4.78, 5) is 12.4. The number of halogens is 1. The predicted octanol–water partition coefficient (Wildman–Crippen LogP) is 3.19. The molecule has 0 aliphatic carbocycles. The summed E-state index contributed by atoms with van der Waals surface area (Å²) in [6.45, 7) is 1.98. The van der Waals surface area contributed by atoms with Crippen molar-refractivity contribution in [1.82, 2.24) is 15.0 Å². The Bertz CT molecular complexity index is 779. The van der Waals surface area contributed by atoms with Gasteiger partial charge in [0.25, 0.3) is 5.91 Å². The van der Waals surface area contributed by atoms with Gasteiger partial charge in [0.15, 0.2) is 0 Å². The zero-order valence-corrected chi connectivity index (χ0v) is 11.8. The van der Waals surface area contributed by atoms with Gasteiger partial charge in [-0.05, 0) is 36.8 Å². The van der Waals surface area contributed by atoms with E-state index in [1.54, 1.807) is 12.1 Å². The lowest BCUT2D eigenvalue weighted by molar-refractivity contribution is 0.0948. The molecule has 0 saturated heterocycles. The normalized spacial score (nSPS) is 10.8. The molecule has 0 aliphatic rings. The van der Waals surface area contributed by atoms with Crippen molar-refractivity contribution < 1.29 is 4.79 Å². The van der Waals surface area contributed by atoms with Gasteiger partial charge in [-0.3, -0.25) is 4.79 Å². The lowest BCUT2D eigenvalue weighted by Gasteiger charge is -2.03. The molecule has 3 aromatic rings. The quantitative estimate of drug-likeness (QED) is 0.693. The van der Waals surface area contributed by atoms with E-state index in [-0.39, 0.29) is 5.91 Å². The third kappa shape index (κ3) is 2.06. The number of benzene rings is 2. The van der Waals surface area contributed by atoms with E-state index in [2.05, 4.69) is 26.2 Å².